The molecule has 0 amide bonds. The lowest BCUT2D eigenvalue weighted by Gasteiger charge is -2.06. The number of halogens is 1. The molecule has 0 radical (unpaired) electrons. The predicted octanol–water partition coefficient (Wildman–Crippen LogP) is 3.79. The fourth-order valence-corrected chi connectivity index (χ4v) is 3.00. The van der Waals surface area contributed by atoms with Gasteiger partial charge in [0.05, 0.1) is 23.8 Å². The van der Waals surface area contributed by atoms with Gasteiger partial charge in [-0.25, -0.2) is 9.37 Å². The number of aryl methyl sites for hydroxylation is 1. The zero-order valence-corrected chi connectivity index (χ0v) is 11.9. The first kappa shape index (κ1) is 13.2. The molecule has 1 N–H and O–H groups in total. The molecule has 0 saturated carbocycles. The van der Waals surface area contributed by atoms with Crippen LogP contribution in [0.25, 0.3) is 22.4 Å². The fraction of sp³-hybridized carbons (Fsp3) is 0.167. The van der Waals surface area contributed by atoms with Gasteiger partial charge in [0, 0.05) is 12.1 Å². The van der Waals surface area contributed by atoms with E-state index >= 15 is 0 Å². The van der Waals surface area contributed by atoms with Gasteiger partial charge in [-0.3, -0.25) is 0 Å². The average Bonchev–Trinajstić information content (AvgIpc) is 3.12. The Bertz CT molecular complexity index is 806. The monoisotopic (exact) mass is 294 g/mol. The van der Waals surface area contributed by atoms with Crippen molar-refractivity contribution in [3.05, 3.63) is 66.4 Å². The number of benzene rings is 2. The second-order valence-corrected chi connectivity index (χ2v) is 5.56. The van der Waals surface area contributed by atoms with Crippen LogP contribution in [0.15, 0.2) is 54.9 Å². The van der Waals surface area contributed by atoms with Crippen molar-refractivity contribution in [1.29, 1.82) is 0 Å². The summed E-state index contributed by atoms with van der Waals surface area (Å²) in [6.45, 7) is 0.817. The number of hydrogen-bond donors (Lipinski definition) is 1. The van der Waals surface area contributed by atoms with Crippen molar-refractivity contribution < 1.29 is 9.50 Å². The van der Waals surface area contributed by atoms with Crippen molar-refractivity contribution in [1.82, 2.24) is 9.55 Å². The Kier molecular flexibility index (Phi) is 3.05. The van der Waals surface area contributed by atoms with E-state index in [1.807, 2.05) is 28.8 Å². The van der Waals surface area contributed by atoms with Gasteiger partial charge in [0.25, 0.3) is 0 Å². The van der Waals surface area contributed by atoms with Gasteiger partial charge in [0.2, 0.25) is 0 Å². The summed E-state index contributed by atoms with van der Waals surface area (Å²) in [5, 5.41) is 10.1. The molecule has 0 bridgehead atoms. The van der Waals surface area contributed by atoms with E-state index in [2.05, 4.69) is 4.98 Å². The smallest absolute Gasteiger partial charge is 0.123 e. The summed E-state index contributed by atoms with van der Waals surface area (Å²) < 4.78 is 15.0. The van der Waals surface area contributed by atoms with Crippen LogP contribution in [0.1, 0.15) is 18.2 Å². The number of rotatable bonds is 2. The minimum atomic E-state index is -0.436. The molecule has 1 unspecified atom stereocenters. The molecule has 2 aromatic carbocycles. The molecule has 3 nitrogen and oxygen atoms in total. The maximum atomic E-state index is 13.0. The number of aliphatic hydroxyl groups is 1. The number of aromatic nitrogens is 2. The van der Waals surface area contributed by atoms with Gasteiger partial charge >= 0.3 is 0 Å². The number of hydrogen-bond acceptors (Lipinski definition) is 2. The third-order valence-corrected chi connectivity index (χ3v) is 4.17. The lowest BCUT2D eigenvalue weighted by atomic mass is 10.0. The normalized spacial score (nSPS) is 16.7. The molecule has 0 spiro atoms. The molecular formula is C18H15FN2O. The summed E-state index contributed by atoms with van der Waals surface area (Å²) in [6.07, 6.45) is 2.10. The summed E-state index contributed by atoms with van der Waals surface area (Å²) in [5.74, 6) is -0.233. The van der Waals surface area contributed by atoms with Crippen LogP contribution in [-0.4, -0.2) is 14.7 Å². The van der Waals surface area contributed by atoms with Crippen molar-refractivity contribution in [2.24, 2.45) is 0 Å². The first-order valence-corrected chi connectivity index (χ1v) is 7.32. The van der Waals surface area contributed by atoms with Crippen LogP contribution < -0.4 is 0 Å². The third-order valence-electron chi connectivity index (χ3n) is 4.17. The summed E-state index contributed by atoms with van der Waals surface area (Å²) >= 11 is 0. The van der Waals surface area contributed by atoms with Gasteiger partial charge in [-0.05, 0) is 29.7 Å². The SMILES string of the molecule is OC1CCn2cnc(-c3ccc(-c4ccc(F)cc4)cc3)c21. The minimum Gasteiger partial charge on any atom is -0.387 e. The summed E-state index contributed by atoms with van der Waals surface area (Å²) in [5.41, 5.74) is 4.73. The molecule has 110 valence electrons. The van der Waals surface area contributed by atoms with E-state index in [1.54, 1.807) is 18.5 Å². The van der Waals surface area contributed by atoms with Crippen LogP contribution in [-0.2, 0) is 6.54 Å². The van der Waals surface area contributed by atoms with Crippen molar-refractivity contribution in [2.45, 2.75) is 19.1 Å². The third kappa shape index (κ3) is 2.12. The Morgan fingerprint density at radius 2 is 1.55 bits per heavy atom. The number of nitrogens with zero attached hydrogens (tertiary/aromatic N) is 2. The molecule has 22 heavy (non-hydrogen) atoms. The van der Waals surface area contributed by atoms with Gasteiger partial charge in [-0.2, -0.15) is 0 Å². The van der Waals surface area contributed by atoms with Crippen LogP contribution in [0, 0.1) is 5.82 Å². The van der Waals surface area contributed by atoms with E-state index in [0.717, 1.165) is 41.0 Å². The zero-order chi connectivity index (χ0) is 15.1. The van der Waals surface area contributed by atoms with Gasteiger partial charge in [-0.15, -0.1) is 0 Å². The van der Waals surface area contributed by atoms with E-state index in [1.165, 1.54) is 12.1 Å². The molecule has 1 aliphatic heterocycles. The lowest BCUT2D eigenvalue weighted by molar-refractivity contribution is 0.180. The molecule has 0 fully saturated rings. The Morgan fingerprint density at radius 1 is 0.955 bits per heavy atom. The van der Waals surface area contributed by atoms with Gasteiger partial charge in [-0.1, -0.05) is 36.4 Å². The second-order valence-electron chi connectivity index (χ2n) is 5.56. The molecule has 2 heterocycles. The van der Waals surface area contributed by atoms with Crippen molar-refractivity contribution in [3.63, 3.8) is 0 Å². The maximum Gasteiger partial charge on any atom is 0.123 e. The molecule has 4 heteroatoms. The van der Waals surface area contributed by atoms with Crippen LogP contribution >= 0.6 is 0 Å². The minimum absolute atomic E-state index is 0.233. The number of aliphatic hydroxyl groups excluding tert-OH is 1. The summed E-state index contributed by atoms with van der Waals surface area (Å²) in [4.78, 5) is 4.43. The fourth-order valence-electron chi connectivity index (χ4n) is 3.00. The van der Waals surface area contributed by atoms with Crippen LogP contribution in [0.2, 0.25) is 0 Å². The highest BCUT2D eigenvalue weighted by Crippen LogP contribution is 2.34. The molecule has 3 aromatic rings. The van der Waals surface area contributed by atoms with E-state index in [0.29, 0.717) is 0 Å². The van der Waals surface area contributed by atoms with Gasteiger partial charge < -0.3 is 9.67 Å². The standard InChI is InChI=1S/C18H15FN2O/c19-15-7-5-13(6-8-15)12-1-3-14(4-2-12)17-18-16(22)9-10-21(18)11-20-17/h1-8,11,16,22H,9-10H2. The van der Waals surface area contributed by atoms with Crippen LogP contribution in [0.4, 0.5) is 4.39 Å². The first-order valence-electron chi connectivity index (χ1n) is 7.32. The number of imidazole rings is 1. The molecule has 0 aliphatic carbocycles. The van der Waals surface area contributed by atoms with Gasteiger partial charge in [0.15, 0.2) is 0 Å². The van der Waals surface area contributed by atoms with E-state index in [9.17, 15) is 9.50 Å². The molecule has 0 saturated heterocycles. The van der Waals surface area contributed by atoms with E-state index < -0.39 is 6.10 Å². The van der Waals surface area contributed by atoms with Crippen LogP contribution in [0.3, 0.4) is 0 Å². The Labute approximate surface area is 127 Å². The van der Waals surface area contributed by atoms with E-state index in [-0.39, 0.29) is 5.82 Å². The van der Waals surface area contributed by atoms with Crippen LogP contribution in [0.5, 0.6) is 0 Å². The predicted molar refractivity (Wildman–Crippen MR) is 82.6 cm³/mol. The number of fused-ring (bicyclic) bond motifs is 1. The highest BCUT2D eigenvalue weighted by molar-refractivity contribution is 5.70. The largest absolute Gasteiger partial charge is 0.387 e. The second kappa shape index (κ2) is 5.07. The Hall–Kier alpha value is -2.46. The zero-order valence-electron chi connectivity index (χ0n) is 11.9. The van der Waals surface area contributed by atoms with E-state index in [4.69, 9.17) is 0 Å². The summed E-state index contributed by atoms with van der Waals surface area (Å²) in [6, 6.07) is 14.4. The highest BCUT2D eigenvalue weighted by atomic mass is 19.1. The topological polar surface area (TPSA) is 38.0 Å². The maximum absolute atomic E-state index is 13.0. The quantitative estimate of drug-likeness (QED) is 0.781. The van der Waals surface area contributed by atoms with Crippen molar-refractivity contribution >= 4 is 0 Å². The Balaban J connectivity index is 1.69. The highest BCUT2D eigenvalue weighted by Gasteiger charge is 2.25. The average molecular weight is 294 g/mol. The van der Waals surface area contributed by atoms with Gasteiger partial charge in [0.1, 0.15) is 5.82 Å². The first-order chi connectivity index (χ1) is 10.7. The molecule has 1 aromatic heterocycles. The summed E-state index contributed by atoms with van der Waals surface area (Å²) in [7, 11) is 0. The lowest BCUT2D eigenvalue weighted by Crippen LogP contribution is -1.94. The molecule has 1 aliphatic rings. The molecule has 4 rings (SSSR count). The van der Waals surface area contributed by atoms with Crippen molar-refractivity contribution in [3.8, 4) is 22.4 Å². The Morgan fingerprint density at radius 3 is 2.23 bits per heavy atom. The van der Waals surface area contributed by atoms with Crippen molar-refractivity contribution in [2.75, 3.05) is 0 Å². The molecular weight excluding hydrogens is 279 g/mol. The molecule has 1 atom stereocenters.